The van der Waals surface area contributed by atoms with Crippen LogP contribution in [0.5, 0.6) is 0 Å². The molecule has 8 aliphatic rings. The van der Waals surface area contributed by atoms with Gasteiger partial charge in [-0.25, -0.2) is 15.0 Å². The minimum Gasteiger partial charge on any atom is -0.443 e. The van der Waals surface area contributed by atoms with Crippen molar-refractivity contribution in [3.8, 4) is 0 Å². The first-order valence-corrected chi connectivity index (χ1v) is 40.8. The van der Waals surface area contributed by atoms with Gasteiger partial charge >= 0.3 is 0 Å². The third-order valence-electron chi connectivity index (χ3n) is 15.2. The third-order valence-corrected chi connectivity index (χ3v) is 15.2. The number of aromatic nitrogens is 8. The van der Waals surface area contributed by atoms with Crippen LogP contribution in [0.3, 0.4) is 0 Å². The summed E-state index contributed by atoms with van der Waals surface area (Å²) in [6, 6.07) is 45.8. The van der Waals surface area contributed by atoms with Crippen LogP contribution in [0.2, 0.25) is 0 Å². The summed E-state index contributed by atoms with van der Waals surface area (Å²) in [4.78, 5) is 15.1. The minimum absolute atomic E-state index is 0.500. The van der Waals surface area contributed by atoms with Gasteiger partial charge in [-0.3, -0.25) is 10.1 Å². The largest absolute Gasteiger partial charge is 0.443 e. The molecule has 12 heteroatoms. The van der Waals surface area contributed by atoms with Crippen LogP contribution in [-0.4, -0.2) is 73.4 Å². The Balaban J connectivity index is -0.000000332. The number of rotatable bonds is 0. The van der Waals surface area contributed by atoms with E-state index in [1.165, 1.54) is 152 Å². The number of H-pyrrole nitrogens is 1. The molecule has 12 nitrogen and oxygen atoms in total. The van der Waals surface area contributed by atoms with Gasteiger partial charge in [0, 0.05) is 42.6 Å². The van der Waals surface area contributed by atoms with E-state index in [2.05, 4.69) is 110 Å². The first-order valence-electron chi connectivity index (χ1n) is 40.8. The lowest BCUT2D eigenvalue weighted by Crippen LogP contribution is -2.03. The van der Waals surface area contributed by atoms with Gasteiger partial charge in [0.15, 0.2) is 12.0 Å². The first kappa shape index (κ1) is 105. The van der Waals surface area contributed by atoms with Crippen LogP contribution in [-0.2, 0) is 22.3 Å². The number of nitrogens with zero attached hydrogens (tertiary/aromatic N) is 7. The summed E-state index contributed by atoms with van der Waals surface area (Å²) in [6.45, 7) is 49.6. The van der Waals surface area contributed by atoms with Gasteiger partial charge in [-0.05, 0) is 148 Å². The van der Waals surface area contributed by atoms with Crippen molar-refractivity contribution in [3.63, 3.8) is 0 Å². The van der Waals surface area contributed by atoms with Crippen molar-refractivity contribution in [1.82, 2.24) is 45.6 Å². The first-order chi connectivity index (χ1) is 50.9. The third kappa shape index (κ3) is 67.9. The van der Waals surface area contributed by atoms with Gasteiger partial charge in [0.1, 0.15) is 18.6 Å². The van der Waals surface area contributed by atoms with E-state index in [-0.39, 0.29) is 0 Å². The Morgan fingerprint density at radius 1 is 0.388 bits per heavy atom. The van der Waals surface area contributed by atoms with E-state index < -0.39 is 0 Å². The molecule has 6 aliphatic carbocycles. The van der Waals surface area contributed by atoms with Crippen LogP contribution in [0.15, 0.2) is 200 Å². The van der Waals surface area contributed by atoms with Gasteiger partial charge in [-0.2, -0.15) is 15.3 Å². The number of pyridine rings is 1. The fourth-order valence-electron chi connectivity index (χ4n) is 9.74. The molecule has 0 radical (unpaired) electrons. The monoisotopic (exact) mass is 1420 g/mol. The molecular weight excluding hydrogens is 1270 g/mol. The maximum atomic E-state index is 5.01. The van der Waals surface area contributed by atoms with Crippen LogP contribution < -0.4 is 5.32 Å². The highest BCUT2D eigenvalue weighted by Crippen LogP contribution is 2.51. The molecule has 5 saturated carbocycles. The van der Waals surface area contributed by atoms with E-state index in [0.717, 1.165) is 53.0 Å². The molecule has 5 aromatic heterocycles. The summed E-state index contributed by atoms with van der Waals surface area (Å²) in [6.07, 6.45) is 44.3. The van der Waals surface area contributed by atoms with Crippen LogP contribution in [0.4, 0.5) is 0 Å². The van der Waals surface area contributed by atoms with E-state index in [1.54, 1.807) is 73.6 Å². The average molecular weight is 1420 g/mol. The molecule has 103 heavy (non-hydrogen) atoms. The van der Waals surface area contributed by atoms with Crippen LogP contribution in [0.25, 0.3) is 22.0 Å². The van der Waals surface area contributed by atoms with Crippen molar-refractivity contribution in [2.24, 2.45) is 29.6 Å². The van der Waals surface area contributed by atoms with Crippen molar-refractivity contribution in [2.45, 2.75) is 281 Å². The molecule has 0 amide bonds. The number of oxazole rings is 1. The Bertz CT molecular complexity index is 2510. The number of benzene rings is 4. The number of para-hydroxylation sites is 3. The van der Waals surface area contributed by atoms with Crippen LogP contribution in [0, 0.1) is 36.5 Å². The molecule has 0 spiro atoms. The zero-order valence-electron chi connectivity index (χ0n) is 69.9. The van der Waals surface area contributed by atoms with Crippen molar-refractivity contribution >= 4 is 22.0 Å². The van der Waals surface area contributed by atoms with Gasteiger partial charge in [0.25, 0.3) is 0 Å². The van der Waals surface area contributed by atoms with Crippen molar-refractivity contribution in [1.29, 1.82) is 0 Å². The fraction of sp³-hybridized carbons (Fsp3) is 0.571. The zero-order valence-corrected chi connectivity index (χ0v) is 69.9. The molecule has 2 unspecified atom stereocenters. The van der Waals surface area contributed by atoms with Gasteiger partial charge in [0.2, 0.25) is 0 Å². The van der Waals surface area contributed by atoms with Gasteiger partial charge < -0.3 is 19.2 Å². The maximum absolute atomic E-state index is 5.01. The lowest BCUT2D eigenvalue weighted by Gasteiger charge is -2.15. The van der Waals surface area contributed by atoms with Crippen LogP contribution in [0.1, 0.15) is 278 Å². The Kier molecular flexibility index (Phi) is 88.8. The van der Waals surface area contributed by atoms with Crippen molar-refractivity contribution in [2.75, 3.05) is 33.1 Å². The Hall–Kier alpha value is -6.99. The summed E-state index contributed by atoms with van der Waals surface area (Å²) >= 11 is 0. The number of aryl methyl sites for hydroxylation is 3. The molecule has 7 heterocycles. The smallest absolute Gasteiger partial charge is 0.181 e. The predicted octanol–water partition coefficient (Wildman–Crippen LogP) is 27.2. The number of fused-ring (bicyclic) bond motifs is 4. The molecule has 7 fully saturated rings. The highest BCUT2D eigenvalue weighted by Gasteiger charge is 2.40. The second kappa shape index (κ2) is 87.4. The second-order valence-electron chi connectivity index (χ2n) is 22.8. The SMILES string of the molecule is C1CC2CC2C1.C1CCNC1.C1COCO1.CC.CC.CC.CC.CC.CC.CC.CC.CC.CC1CC1.CC1CCCC1.CC1CCCCC1.Cc1ccccc1.c1ccc2[nH]ncc2c1.c1ccc2c(c1)CCC2.c1ccc2ocnc2c1.c1ccncc1.c1ccnnc1.c1cncnc1. The fourth-order valence-corrected chi connectivity index (χ4v) is 9.74. The van der Waals surface area contributed by atoms with Gasteiger partial charge in [-0.15, -0.1) is 0 Å². The molecule has 582 valence electrons. The van der Waals surface area contributed by atoms with E-state index in [9.17, 15) is 0 Å². The summed E-state index contributed by atoms with van der Waals surface area (Å²) in [5, 5.41) is 18.2. The lowest BCUT2D eigenvalue weighted by atomic mass is 9.91. The quantitative estimate of drug-likeness (QED) is 0.149. The molecule has 0 bridgehead atoms. The number of aromatic amines is 1. The van der Waals surface area contributed by atoms with E-state index in [0.29, 0.717) is 6.79 Å². The summed E-state index contributed by atoms with van der Waals surface area (Å²) in [5.41, 5.74) is 7.31. The highest BCUT2D eigenvalue weighted by molar-refractivity contribution is 5.77. The number of hydrogen-bond acceptors (Lipinski definition) is 11. The number of nitrogens with one attached hydrogen (secondary N) is 2. The molecule has 2 atom stereocenters. The van der Waals surface area contributed by atoms with Gasteiger partial charge in [-0.1, -0.05) is 332 Å². The van der Waals surface area contributed by atoms with Gasteiger partial charge in [0.05, 0.1) is 24.9 Å². The summed E-state index contributed by atoms with van der Waals surface area (Å²) in [5.74, 6) is 5.59. The zero-order chi connectivity index (χ0) is 77.7. The molecule has 17 rings (SSSR count). The normalized spacial score (nSPS) is 15.2. The van der Waals surface area contributed by atoms with Crippen LogP contribution >= 0.6 is 0 Å². The molecule has 9 aromatic rings. The van der Waals surface area contributed by atoms with E-state index >= 15 is 0 Å². The van der Waals surface area contributed by atoms with Crippen molar-refractivity contribution in [3.05, 3.63) is 212 Å². The Morgan fingerprint density at radius 3 is 1.13 bits per heavy atom. The average Bonchev–Trinajstić information content (AvgIpc) is 1.67. The van der Waals surface area contributed by atoms with E-state index in [4.69, 9.17) is 13.9 Å². The standard InChI is InChI=1S/C9H10.C7H6N2.C7H5NO.C7H14.C7H8.C6H10.C6H12.C5H5N.2C4H4N2.C4H9N.C4H8.C3H6O2.9C2H6/c1-2-5-9-7-3-6-8(9)4-1;1-2-4-7-6(3-1)5-8-9-7;1-2-4-7-6(3-1)8-5-9-7;2*1-7-5-3-2-4-6-7;1-2-5-4-6(5)3-1;1-6-4-2-3-5-6;1-2-4-6-5-3-1;1-2-5-4-6-3-1;1-2-4-6-5-3-1;1-2-4-5-3-1;1-4-2-3-4;1-2-5-3-4-1;9*1-2/h1-2,4-5H,3,6-7H2;1-5H,(H,8,9);1-5H;7H,2-6H2,1H3;2-6H,1H3;5-6H,1-4H2;6H,2-5H2,1H3;1-5H;2*1-4H;5H,1-4H2;4H,2-3H2,1H3;1-3H2;9*1-2H3. The molecular formula is C91H155N9O3. The van der Waals surface area contributed by atoms with Crippen molar-refractivity contribution < 1.29 is 13.9 Å². The van der Waals surface area contributed by atoms with E-state index in [1.807, 2.05) is 228 Å². The molecule has 2 aliphatic heterocycles. The Labute approximate surface area is 633 Å². The summed E-state index contributed by atoms with van der Waals surface area (Å²) in [7, 11) is 0. The highest BCUT2D eigenvalue weighted by atomic mass is 16.7. The maximum Gasteiger partial charge on any atom is 0.181 e. The lowest BCUT2D eigenvalue weighted by molar-refractivity contribution is 0.0692. The topological polar surface area (TPSA) is 150 Å². The Morgan fingerprint density at radius 2 is 0.825 bits per heavy atom. The summed E-state index contributed by atoms with van der Waals surface area (Å²) < 4.78 is 14.5. The molecule has 2 N–H and O–H groups in total. The molecule has 4 aromatic carbocycles. The predicted molar refractivity (Wildman–Crippen MR) is 453 cm³/mol. The molecule has 2 saturated heterocycles. The second-order valence-corrected chi connectivity index (χ2v) is 22.8. The minimum atomic E-state index is 0.500. The number of hydrogen-bond donors (Lipinski definition) is 2. The number of ether oxygens (including phenoxy) is 2.